The molecule has 1 aromatic heterocycles. The number of amides is 2. The Morgan fingerprint density at radius 3 is 2.63 bits per heavy atom. The number of fused-ring (bicyclic) bond motifs is 1. The molecule has 0 fully saturated rings. The van der Waals surface area contributed by atoms with Crippen molar-refractivity contribution in [3.63, 3.8) is 0 Å². The first kappa shape index (κ1) is 28.6. The lowest BCUT2D eigenvalue weighted by atomic mass is 9.99. The number of nitrogens with one attached hydrogen (secondary N) is 1. The number of carbonyl (C=O) groups excluding carboxylic acids is 2. The Morgan fingerprint density at radius 1 is 1.10 bits per heavy atom. The highest BCUT2D eigenvalue weighted by molar-refractivity contribution is 8.00. The van der Waals surface area contributed by atoms with Gasteiger partial charge in [-0.2, -0.15) is 5.10 Å². The molecule has 0 unspecified atom stereocenters. The molecule has 1 atom stereocenters. The van der Waals surface area contributed by atoms with Crippen LogP contribution in [0.5, 0.6) is 0 Å². The lowest BCUT2D eigenvalue weighted by molar-refractivity contribution is -0.122. The summed E-state index contributed by atoms with van der Waals surface area (Å²) in [5.41, 5.74) is 5.95. The number of carbonyl (C=O) groups is 2. The first-order valence-electron chi connectivity index (χ1n) is 13.6. The Bertz CT molecular complexity index is 1560. The Kier molecular flexibility index (Phi) is 8.85. The van der Waals surface area contributed by atoms with E-state index in [4.69, 9.17) is 9.84 Å². The van der Waals surface area contributed by atoms with E-state index in [0.29, 0.717) is 31.1 Å². The monoisotopic (exact) mass is 572 g/mol. The lowest BCUT2D eigenvalue weighted by Crippen LogP contribution is -2.42. The zero-order chi connectivity index (χ0) is 28.9. The quantitative estimate of drug-likeness (QED) is 0.264. The molecule has 212 valence electrons. The summed E-state index contributed by atoms with van der Waals surface area (Å²) < 4.78 is 21.4. The van der Waals surface area contributed by atoms with Crippen LogP contribution in [-0.2, 0) is 14.3 Å². The minimum Gasteiger partial charge on any atom is -0.385 e. The maximum atomic E-state index is 14.5. The molecule has 2 amide bonds. The first-order chi connectivity index (χ1) is 19.9. The van der Waals surface area contributed by atoms with Crippen LogP contribution >= 0.6 is 11.8 Å². The molecule has 4 aromatic rings. The number of thioether (sulfide) groups is 1. The van der Waals surface area contributed by atoms with E-state index in [-0.39, 0.29) is 29.9 Å². The fourth-order valence-corrected chi connectivity index (χ4v) is 6.23. The molecule has 7 nitrogen and oxygen atoms in total. The van der Waals surface area contributed by atoms with Gasteiger partial charge in [0.1, 0.15) is 18.2 Å². The van der Waals surface area contributed by atoms with E-state index >= 15 is 0 Å². The van der Waals surface area contributed by atoms with Crippen LogP contribution in [0.3, 0.4) is 0 Å². The number of aryl methyl sites for hydroxylation is 1. The van der Waals surface area contributed by atoms with Gasteiger partial charge < -0.3 is 10.1 Å². The summed E-state index contributed by atoms with van der Waals surface area (Å²) in [6.45, 7) is 4.85. The SMILES string of the molecule is COCCCNC(=O)CN1C(=O)CS[C@H](c2cccc(F)c2)c2c(-c3ccccc3)nn(-c3cccc(C)c3C)c21. The number of ether oxygens (including phenoxy) is 1. The number of hydrogen-bond donors (Lipinski definition) is 1. The van der Waals surface area contributed by atoms with Crippen molar-refractivity contribution in [3.8, 4) is 16.9 Å². The maximum absolute atomic E-state index is 14.5. The molecule has 1 aliphatic heterocycles. The standard InChI is InChI=1S/C32H33FN4O3S/c1-21-10-7-15-26(22(21)2)37-32-29(30(35-37)23-11-5-4-6-12-23)31(24-13-8-14-25(33)18-24)41-20-28(39)36(32)19-27(38)34-16-9-17-40-3/h4-8,10-15,18,31H,9,16-17,19-20H2,1-3H3,(H,34,38)/t31-/m1/s1. The van der Waals surface area contributed by atoms with Gasteiger partial charge in [-0.05, 0) is 55.2 Å². The third-order valence-electron chi connectivity index (χ3n) is 7.24. The van der Waals surface area contributed by atoms with E-state index in [1.807, 2.05) is 68.4 Å². The highest BCUT2D eigenvalue weighted by Gasteiger charge is 2.38. The molecule has 1 aliphatic rings. The van der Waals surface area contributed by atoms with Crippen LogP contribution < -0.4 is 10.2 Å². The molecule has 9 heteroatoms. The first-order valence-corrected chi connectivity index (χ1v) is 14.6. The second kappa shape index (κ2) is 12.7. The Labute approximate surface area is 243 Å². The van der Waals surface area contributed by atoms with Gasteiger partial charge in [0.25, 0.3) is 0 Å². The molecule has 0 saturated carbocycles. The van der Waals surface area contributed by atoms with Crippen LogP contribution in [0.15, 0.2) is 72.8 Å². The predicted molar refractivity (Wildman–Crippen MR) is 161 cm³/mol. The summed E-state index contributed by atoms with van der Waals surface area (Å²) in [7, 11) is 1.62. The summed E-state index contributed by atoms with van der Waals surface area (Å²) in [6, 6.07) is 22.2. The highest BCUT2D eigenvalue weighted by atomic mass is 32.2. The summed E-state index contributed by atoms with van der Waals surface area (Å²) in [4.78, 5) is 28.5. The van der Waals surface area contributed by atoms with Crippen LogP contribution in [0.2, 0.25) is 0 Å². The van der Waals surface area contributed by atoms with E-state index in [1.165, 1.54) is 28.8 Å². The predicted octanol–water partition coefficient (Wildman–Crippen LogP) is 5.62. The van der Waals surface area contributed by atoms with Crippen LogP contribution in [0.25, 0.3) is 16.9 Å². The van der Waals surface area contributed by atoms with Gasteiger partial charge in [-0.1, -0.05) is 54.6 Å². The largest absolute Gasteiger partial charge is 0.385 e. The van der Waals surface area contributed by atoms with Crippen molar-refractivity contribution in [2.24, 2.45) is 0 Å². The third-order valence-corrected chi connectivity index (χ3v) is 8.50. The number of halogens is 1. The highest BCUT2D eigenvalue weighted by Crippen LogP contribution is 2.48. The Hall–Kier alpha value is -3.95. The number of nitrogens with zero attached hydrogens (tertiary/aromatic N) is 3. The second-order valence-corrected chi connectivity index (χ2v) is 11.1. The van der Waals surface area contributed by atoms with Crippen molar-refractivity contribution >= 4 is 29.4 Å². The van der Waals surface area contributed by atoms with Gasteiger partial charge in [-0.15, -0.1) is 11.8 Å². The Morgan fingerprint density at radius 2 is 1.88 bits per heavy atom. The van der Waals surface area contributed by atoms with E-state index in [9.17, 15) is 14.0 Å². The zero-order valence-corrected chi connectivity index (χ0v) is 24.2. The van der Waals surface area contributed by atoms with Crippen LogP contribution in [0, 0.1) is 19.7 Å². The molecule has 41 heavy (non-hydrogen) atoms. The van der Waals surface area contributed by atoms with Gasteiger partial charge in [0, 0.05) is 31.4 Å². The van der Waals surface area contributed by atoms with E-state index in [1.54, 1.807) is 17.9 Å². The molecule has 2 heterocycles. The number of aromatic nitrogens is 2. The molecule has 0 bridgehead atoms. The van der Waals surface area contributed by atoms with Crippen molar-refractivity contribution in [2.75, 3.05) is 37.5 Å². The van der Waals surface area contributed by atoms with Crippen molar-refractivity contribution in [3.05, 3.63) is 101 Å². The molecule has 0 aliphatic carbocycles. The molecule has 3 aromatic carbocycles. The average Bonchev–Trinajstić information content (AvgIpc) is 3.29. The molecule has 0 spiro atoms. The number of hydrogen-bond acceptors (Lipinski definition) is 5. The van der Waals surface area contributed by atoms with Gasteiger partial charge in [0.05, 0.1) is 22.4 Å². The smallest absolute Gasteiger partial charge is 0.240 e. The van der Waals surface area contributed by atoms with Gasteiger partial charge in [-0.3, -0.25) is 14.5 Å². The number of rotatable bonds is 9. The summed E-state index contributed by atoms with van der Waals surface area (Å²) in [6.07, 6.45) is 0.664. The molecule has 0 radical (unpaired) electrons. The zero-order valence-electron chi connectivity index (χ0n) is 23.4. The van der Waals surface area contributed by atoms with Gasteiger partial charge >= 0.3 is 0 Å². The minimum atomic E-state index is -0.395. The summed E-state index contributed by atoms with van der Waals surface area (Å²) >= 11 is 1.42. The molecule has 1 N–H and O–H groups in total. The summed E-state index contributed by atoms with van der Waals surface area (Å²) in [5, 5.41) is 7.63. The topological polar surface area (TPSA) is 76.5 Å². The number of anilines is 1. The van der Waals surface area contributed by atoms with Crippen molar-refractivity contribution < 1.29 is 18.7 Å². The third kappa shape index (κ3) is 6.06. The minimum absolute atomic E-state index is 0.119. The van der Waals surface area contributed by atoms with Gasteiger partial charge in [-0.25, -0.2) is 9.07 Å². The molecule has 5 rings (SSSR count). The van der Waals surface area contributed by atoms with Crippen LogP contribution in [0.1, 0.15) is 33.9 Å². The normalized spacial score (nSPS) is 15.0. The van der Waals surface area contributed by atoms with Crippen LogP contribution in [-0.4, -0.2) is 54.2 Å². The fraction of sp³-hybridized carbons (Fsp3) is 0.281. The van der Waals surface area contributed by atoms with E-state index < -0.39 is 5.25 Å². The van der Waals surface area contributed by atoms with E-state index in [0.717, 1.165) is 33.5 Å². The second-order valence-electron chi connectivity index (χ2n) is 10.0. The van der Waals surface area contributed by atoms with Gasteiger partial charge in [0.15, 0.2) is 0 Å². The summed E-state index contributed by atoms with van der Waals surface area (Å²) in [5.74, 6) is -0.198. The van der Waals surface area contributed by atoms with Gasteiger partial charge in [0.2, 0.25) is 11.8 Å². The van der Waals surface area contributed by atoms with Crippen molar-refractivity contribution in [2.45, 2.75) is 25.5 Å². The van der Waals surface area contributed by atoms with Crippen LogP contribution in [0.4, 0.5) is 10.2 Å². The fourth-order valence-electron chi connectivity index (χ4n) is 5.04. The maximum Gasteiger partial charge on any atom is 0.240 e. The van der Waals surface area contributed by atoms with E-state index in [2.05, 4.69) is 5.32 Å². The number of methoxy groups -OCH3 is 1. The lowest BCUT2D eigenvalue weighted by Gasteiger charge is -2.24. The average molecular weight is 573 g/mol. The Balaban J connectivity index is 1.74. The number of benzene rings is 3. The molecular weight excluding hydrogens is 539 g/mol. The molecule has 0 saturated heterocycles. The molecular formula is C32H33FN4O3S. The van der Waals surface area contributed by atoms with Crippen molar-refractivity contribution in [1.29, 1.82) is 0 Å². The van der Waals surface area contributed by atoms with Crippen molar-refractivity contribution in [1.82, 2.24) is 15.1 Å².